The fraction of sp³-hybridized carbons (Fsp3) is 0.345. The second kappa shape index (κ2) is 12.9. The molecule has 2 atom stereocenters. The van der Waals surface area contributed by atoms with Gasteiger partial charge < -0.3 is 29.7 Å². The molecule has 0 spiro atoms. The molecule has 10 nitrogen and oxygen atoms in total. The number of fused-ring (bicyclic) bond motifs is 1. The predicted molar refractivity (Wildman–Crippen MR) is 148 cm³/mol. The number of carboxylic acid groups (broad SMARTS) is 1. The van der Waals surface area contributed by atoms with Crippen molar-refractivity contribution in [3.05, 3.63) is 83.9 Å². The van der Waals surface area contributed by atoms with Crippen molar-refractivity contribution in [1.29, 1.82) is 0 Å². The Morgan fingerprint density at radius 2 is 1.64 bits per heavy atom. The summed E-state index contributed by atoms with van der Waals surface area (Å²) in [5, 5.41) is 22.8. The number of amides is 1. The van der Waals surface area contributed by atoms with E-state index in [-0.39, 0.29) is 29.5 Å². The highest BCUT2D eigenvalue weighted by Gasteiger charge is 2.44. The summed E-state index contributed by atoms with van der Waals surface area (Å²) >= 11 is 0. The first-order valence-corrected chi connectivity index (χ1v) is 14.6. The number of aliphatic hydroxyl groups is 1. The van der Waals surface area contributed by atoms with E-state index >= 15 is 0 Å². The van der Waals surface area contributed by atoms with Crippen LogP contribution in [0.25, 0.3) is 0 Å². The van der Waals surface area contributed by atoms with E-state index in [1.807, 2.05) is 30.3 Å². The van der Waals surface area contributed by atoms with Gasteiger partial charge in [0.05, 0.1) is 17.0 Å². The lowest BCUT2D eigenvalue weighted by atomic mass is 10.0. The Kier molecular flexibility index (Phi) is 9.54. The van der Waals surface area contributed by atoms with E-state index in [1.54, 1.807) is 38.1 Å². The van der Waals surface area contributed by atoms with Crippen LogP contribution >= 0.6 is 0 Å². The quantitative estimate of drug-likeness (QED) is 0.260. The van der Waals surface area contributed by atoms with Crippen molar-refractivity contribution < 1.29 is 46.4 Å². The molecule has 1 amide bonds. The van der Waals surface area contributed by atoms with Crippen LogP contribution in [0.5, 0.6) is 17.2 Å². The monoisotopic (exact) mass is 606 g/mol. The number of aliphatic hydroxyl groups excluding tert-OH is 1. The van der Waals surface area contributed by atoms with Gasteiger partial charge in [0.15, 0.2) is 11.5 Å². The summed E-state index contributed by atoms with van der Waals surface area (Å²) in [4.78, 5) is 11.2. The van der Waals surface area contributed by atoms with E-state index < -0.39 is 46.9 Å². The van der Waals surface area contributed by atoms with Crippen molar-refractivity contribution in [1.82, 2.24) is 9.62 Å². The molecule has 4 rings (SSSR count). The van der Waals surface area contributed by atoms with Crippen molar-refractivity contribution in [2.45, 2.75) is 50.2 Å². The SMILES string of the molecule is CC(C)CN(C[C@H](O)[C@H](Cc1ccc(OCc2ccccc2)cc1)NC(=O)O)S(=O)(=O)c1ccc2c(c1)OC(F)(F)O2. The Labute approximate surface area is 242 Å². The summed E-state index contributed by atoms with van der Waals surface area (Å²) in [6.07, 6.45) is -6.71. The van der Waals surface area contributed by atoms with E-state index in [0.717, 1.165) is 28.1 Å². The third-order valence-electron chi connectivity index (χ3n) is 6.37. The molecule has 1 aliphatic rings. The highest BCUT2D eigenvalue weighted by molar-refractivity contribution is 7.89. The number of hydrogen-bond acceptors (Lipinski definition) is 7. The number of carbonyl (C=O) groups is 1. The van der Waals surface area contributed by atoms with Crippen LogP contribution in [-0.4, -0.2) is 60.6 Å². The molecule has 0 saturated carbocycles. The largest absolute Gasteiger partial charge is 0.586 e. The molecule has 3 aromatic carbocycles. The lowest BCUT2D eigenvalue weighted by Gasteiger charge is -2.30. The number of halogens is 2. The summed E-state index contributed by atoms with van der Waals surface area (Å²) in [5.74, 6) is -0.328. The molecule has 1 heterocycles. The van der Waals surface area contributed by atoms with Crippen molar-refractivity contribution in [2.24, 2.45) is 5.92 Å². The smallest absolute Gasteiger partial charge is 0.489 e. The number of hydrogen-bond donors (Lipinski definition) is 3. The molecule has 1 aliphatic heterocycles. The fourth-order valence-corrected chi connectivity index (χ4v) is 6.05. The summed E-state index contributed by atoms with van der Waals surface area (Å²) in [5.41, 5.74) is 1.67. The highest BCUT2D eigenvalue weighted by atomic mass is 32.2. The molecule has 0 aliphatic carbocycles. The Hall–Kier alpha value is -3.94. The normalized spacial score (nSPS) is 15.4. The minimum atomic E-state index is -4.32. The molecule has 0 fully saturated rings. The Morgan fingerprint density at radius 3 is 2.29 bits per heavy atom. The Morgan fingerprint density at radius 1 is 0.976 bits per heavy atom. The summed E-state index contributed by atoms with van der Waals surface area (Å²) in [6, 6.07) is 18.5. The molecule has 3 N–H and O–H groups in total. The topological polar surface area (TPSA) is 135 Å². The summed E-state index contributed by atoms with van der Waals surface area (Å²) < 4.78 is 69.6. The van der Waals surface area contributed by atoms with Crippen LogP contribution in [-0.2, 0) is 23.1 Å². The van der Waals surface area contributed by atoms with Crippen molar-refractivity contribution in [3.63, 3.8) is 0 Å². The Balaban J connectivity index is 1.48. The van der Waals surface area contributed by atoms with Crippen molar-refractivity contribution in [3.8, 4) is 17.2 Å². The zero-order valence-electron chi connectivity index (χ0n) is 22.9. The van der Waals surface area contributed by atoms with Crippen LogP contribution in [0.1, 0.15) is 25.0 Å². The zero-order valence-corrected chi connectivity index (χ0v) is 23.8. The number of nitrogens with one attached hydrogen (secondary N) is 1. The van der Waals surface area contributed by atoms with Gasteiger partial charge in [-0.3, -0.25) is 0 Å². The fourth-order valence-electron chi connectivity index (χ4n) is 4.41. The van der Waals surface area contributed by atoms with Gasteiger partial charge in [-0.2, -0.15) is 4.31 Å². The van der Waals surface area contributed by atoms with E-state index in [9.17, 15) is 32.2 Å². The molecular weight excluding hydrogens is 574 g/mol. The van der Waals surface area contributed by atoms with Crippen LogP contribution < -0.4 is 19.5 Å². The first kappa shape index (κ1) is 31.0. The zero-order chi connectivity index (χ0) is 30.5. The van der Waals surface area contributed by atoms with Crippen LogP contribution in [0.3, 0.4) is 0 Å². The second-order valence-electron chi connectivity index (χ2n) is 10.2. The first-order valence-electron chi connectivity index (χ1n) is 13.2. The van der Waals surface area contributed by atoms with Gasteiger partial charge in [-0.15, -0.1) is 8.78 Å². The van der Waals surface area contributed by atoms with Crippen LogP contribution in [0, 0.1) is 5.92 Å². The molecule has 3 aromatic rings. The predicted octanol–water partition coefficient (Wildman–Crippen LogP) is 4.47. The Bertz CT molecular complexity index is 1470. The molecule has 0 aromatic heterocycles. The number of benzene rings is 3. The maximum atomic E-state index is 13.5. The van der Waals surface area contributed by atoms with Gasteiger partial charge in [0.25, 0.3) is 0 Å². The molecule has 0 bridgehead atoms. The molecule has 0 radical (unpaired) electrons. The van der Waals surface area contributed by atoms with Crippen LogP contribution in [0.15, 0.2) is 77.7 Å². The number of sulfonamides is 1. The van der Waals surface area contributed by atoms with E-state index in [1.165, 1.54) is 0 Å². The third-order valence-corrected chi connectivity index (χ3v) is 8.20. The molecule has 0 saturated heterocycles. The summed E-state index contributed by atoms with van der Waals surface area (Å²) in [7, 11) is -4.32. The molecule has 0 unspecified atom stereocenters. The first-order chi connectivity index (χ1) is 19.8. The van der Waals surface area contributed by atoms with Gasteiger partial charge in [-0.25, -0.2) is 13.2 Å². The molecule has 13 heteroatoms. The molecule has 226 valence electrons. The highest BCUT2D eigenvalue weighted by Crippen LogP contribution is 2.42. The van der Waals surface area contributed by atoms with E-state index in [4.69, 9.17) is 4.74 Å². The van der Waals surface area contributed by atoms with E-state index in [2.05, 4.69) is 14.8 Å². The number of rotatable bonds is 13. The van der Waals surface area contributed by atoms with E-state index in [0.29, 0.717) is 17.9 Å². The van der Waals surface area contributed by atoms with Crippen LogP contribution in [0.2, 0.25) is 0 Å². The standard InChI is InChI=1S/C29H32F2N2O8S/c1-19(2)16-33(42(37,38)23-12-13-26-27(15-23)41-29(30,31)40-26)17-25(34)24(32-28(35)36)14-20-8-10-22(11-9-20)39-18-21-6-4-3-5-7-21/h3-13,15,19,24-25,32,34H,14,16-18H2,1-2H3,(H,35,36)/t24-,25-/m0/s1. The second-order valence-corrected chi connectivity index (χ2v) is 12.2. The molecule has 42 heavy (non-hydrogen) atoms. The minimum Gasteiger partial charge on any atom is -0.489 e. The van der Waals surface area contributed by atoms with Gasteiger partial charge in [0.1, 0.15) is 12.4 Å². The van der Waals surface area contributed by atoms with Crippen molar-refractivity contribution in [2.75, 3.05) is 13.1 Å². The lowest BCUT2D eigenvalue weighted by molar-refractivity contribution is -0.286. The lowest BCUT2D eigenvalue weighted by Crippen LogP contribution is -2.50. The van der Waals surface area contributed by atoms with Gasteiger partial charge >= 0.3 is 12.4 Å². The number of ether oxygens (including phenoxy) is 3. The maximum Gasteiger partial charge on any atom is 0.586 e. The maximum absolute atomic E-state index is 13.5. The average molecular weight is 607 g/mol. The van der Waals surface area contributed by atoms with Gasteiger partial charge in [-0.1, -0.05) is 56.3 Å². The average Bonchev–Trinajstić information content (AvgIpc) is 3.25. The molecular formula is C29H32F2N2O8S. The minimum absolute atomic E-state index is 0.0305. The van der Waals surface area contributed by atoms with Crippen molar-refractivity contribution >= 4 is 16.1 Å². The number of alkyl halides is 2. The van der Waals surface area contributed by atoms with Gasteiger partial charge in [-0.05, 0) is 47.7 Å². The van der Waals surface area contributed by atoms with Gasteiger partial charge in [0, 0.05) is 19.2 Å². The summed E-state index contributed by atoms with van der Waals surface area (Å²) in [6.45, 7) is 3.41. The number of nitrogens with zero attached hydrogens (tertiary/aromatic N) is 1. The third kappa shape index (κ3) is 8.08. The van der Waals surface area contributed by atoms with Gasteiger partial charge in [0.2, 0.25) is 10.0 Å². The van der Waals surface area contributed by atoms with Crippen LogP contribution in [0.4, 0.5) is 13.6 Å².